The summed E-state index contributed by atoms with van der Waals surface area (Å²) in [5.74, 6) is 1.34. The fraction of sp³-hybridized carbons (Fsp3) is 0.522. The molecule has 0 radical (unpaired) electrons. The van der Waals surface area contributed by atoms with Gasteiger partial charge in [-0.05, 0) is 58.9 Å². The Morgan fingerprint density at radius 2 is 1.87 bits per heavy atom. The molecule has 31 heavy (non-hydrogen) atoms. The number of anilines is 1. The standard InChI is InChI=1S/C23H31N7O/c1-4-5-17-6-8-18(9-7-17)22(16(2)3)24-23(31)19-12-14-29(15-13-19)21-11-10-20-25-27-28-30(20)26-21/h6-11,16,19,22H,4-5,12-15H2,1-3H3,(H,24,31)/t22-/m0/s1. The molecular weight excluding hydrogens is 390 g/mol. The first-order valence-corrected chi connectivity index (χ1v) is 11.2. The number of hydrogen-bond acceptors (Lipinski definition) is 6. The molecule has 1 amide bonds. The van der Waals surface area contributed by atoms with Crippen LogP contribution < -0.4 is 10.2 Å². The first-order valence-electron chi connectivity index (χ1n) is 11.2. The number of nitrogens with one attached hydrogen (secondary N) is 1. The minimum atomic E-state index is 0.0219. The van der Waals surface area contributed by atoms with Gasteiger partial charge in [0.15, 0.2) is 11.5 Å². The predicted molar refractivity (Wildman–Crippen MR) is 120 cm³/mol. The van der Waals surface area contributed by atoms with Crippen LogP contribution in [-0.4, -0.2) is 44.3 Å². The van der Waals surface area contributed by atoms with Crippen molar-refractivity contribution in [2.75, 3.05) is 18.0 Å². The number of amides is 1. The fourth-order valence-corrected chi connectivity index (χ4v) is 4.27. The van der Waals surface area contributed by atoms with Crippen LogP contribution in [-0.2, 0) is 11.2 Å². The molecule has 0 spiro atoms. The predicted octanol–water partition coefficient (Wildman–Crippen LogP) is 3.20. The lowest BCUT2D eigenvalue weighted by molar-refractivity contribution is -0.126. The zero-order chi connectivity index (χ0) is 21.8. The second kappa shape index (κ2) is 9.41. The van der Waals surface area contributed by atoms with Crippen LogP contribution in [0.2, 0.25) is 0 Å². The van der Waals surface area contributed by atoms with Crippen LogP contribution in [0.25, 0.3) is 5.65 Å². The van der Waals surface area contributed by atoms with Gasteiger partial charge >= 0.3 is 0 Å². The summed E-state index contributed by atoms with van der Waals surface area (Å²) in [4.78, 5) is 15.3. The number of aryl methyl sites for hydroxylation is 1. The molecule has 1 aliphatic heterocycles. The zero-order valence-corrected chi connectivity index (χ0v) is 18.5. The van der Waals surface area contributed by atoms with Crippen LogP contribution >= 0.6 is 0 Å². The highest BCUT2D eigenvalue weighted by Gasteiger charge is 2.28. The Labute approximate surface area is 183 Å². The molecule has 3 heterocycles. The van der Waals surface area contributed by atoms with Crippen LogP contribution in [0.5, 0.6) is 0 Å². The van der Waals surface area contributed by atoms with E-state index in [1.165, 1.54) is 15.8 Å². The summed E-state index contributed by atoms with van der Waals surface area (Å²) in [6.07, 6.45) is 3.84. The first-order chi connectivity index (χ1) is 15.0. The van der Waals surface area contributed by atoms with Gasteiger partial charge in [-0.15, -0.1) is 14.8 Å². The van der Waals surface area contributed by atoms with E-state index in [-0.39, 0.29) is 17.9 Å². The van der Waals surface area contributed by atoms with Gasteiger partial charge in [0.2, 0.25) is 5.91 Å². The number of carbonyl (C=O) groups is 1. The third kappa shape index (κ3) is 4.84. The number of aromatic nitrogens is 5. The molecule has 1 N–H and O–H groups in total. The highest BCUT2D eigenvalue weighted by Crippen LogP contribution is 2.26. The molecule has 8 heteroatoms. The molecule has 0 unspecified atom stereocenters. The van der Waals surface area contributed by atoms with Gasteiger partial charge in [0, 0.05) is 19.0 Å². The summed E-state index contributed by atoms with van der Waals surface area (Å²) in [5.41, 5.74) is 3.15. The second-order valence-corrected chi connectivity index (χ2v) is 8.70. The Hall–Kier alpha value is -3.03. The summed E-state index contributed by atoms with van der Waals surface area (Å²) in [6.45, 7) is 8.09. The molecule has 164 valence electrons. The Morgan fingerprint density at radius 3 is 2.55 bits per heavy atom. The van der Waals surface area contributed by atoms with Crippen LogP contribution in [0, 0.1) is 11.8 Å². The van der Waals surface area contributed by atoms with Crippen LogP contribution in [0.1, 0.15) is 57.2 Å². The Morgan fingerprint density at radius 1 is 1.13 bits per heavy atom. The first kappa shape index (κ1) is 21.2. The SMILES string of the molecule is CCCc1ccc([C@@H](NC(=O)C2CCN(c3ccc4nnnn4n3)CC2)C(C)C)cc1. The molecule has 1 fully saturated rings. The molecule has 8 nitrogen and oxygen atoms in total. The quantitative estimate of drug-likeness (QED) is 0.630. The zero-order valence-electron chi connectivity index (χ0n) is 18.5. The van der Waals surface area contributed by atoms with Crippen molar-refractivity contribution in [3.8, 4) is 0 Å². The average molecular weight is 422 g/mol. The molecule has 1 atom stereocenters. The monoisotopic (exact) mass is 421 g/mol. The number of tetrazole rings is 1. The number of rotatable bonds is 7. The average Bonchev–Trinajstić information content (AvgIpc) is 3.26. The second-order valence-electron chi connectivity index (χ2n) is 8.70. The molecular formula is C23H31N7O. The number of hydrogen-bond donors (Lipinski definition) is 1. The van der Waals surface area contributed by atoms with Gasteiger partial charge in [0.25, 0.3) is 0 Å². The van der Waals surface area contributed by atoms with E-state index in [4.69, 9.17) is 0 Å². The Kier molecular flexibility index (Phi) is 6.44. The van der Waals surface area contributed by atoms with Gasteiger partial charge in [-0.25, -0.2) is 0 Å². The van der Waals surface area contributed by atoms with Crippen molar-refractivity contribution in [1.82, 2.24) is 30.6 Å². The third-order valence-corrected chi connectivity index (χ3v) is 6.09. The highest BCUT2D eigenvalue weighted by molar-refractivity contribution is 5.79. The van der Waals surface area contributed by atoms with Gasteiger partial charge in [-0.2, -0.15) is 0 Å². The van der Waals surface area contributed by atoms with Gasteiger partial charge in [-0.1, -0.05) is 51.5 Å². The molecule has 4 rings (SSSR count). The van der Waals surface area contributed by atoms with Crippen molar-refractivity contribution in [2.45, 2.75) is 52.5 Å². The highest BCUT2D eigenvalue weighted by atomic mass is 16.2. The summed E-state index contributed by atoms with van der Waals surface area (Å²) in [5, 5.41) is 19.2. The van der Waals surface area contributed by atoms with Gasteiger partial charge in [0.05, 0.1) is 6.04 Å². The largest absolute Gasteiger partial charge is 0.355 e. The summed E-state index contributed by atoms with van der Waals surface area (Å²) >= 11 is 0. The summed E-state index contributed by atoms with van der Waals surface area (Å²) in [6, 6.07) is 12.5. The maximum Gasteiger partial charge on any atom is 0.223 e. The lowest BCUT2D eigenvalue weighted by atomic mass is 9.91. The molecule has 1 aromatic carbocycles. The van der Waals surface area contributed by atoms with Crippen molar-refractivity contribution in [1.29, 1.82) is 0 Å². The number of benzene rings is 1. The molecule has 0 bridgehead atoms. The van der Waals surface area contributed by atoms with Crippen LogP contribution in [0.3, 0.4) is 0 Å². The normalized spacial score (nSPS) is 16.1. The smallest absolute Gasteiger partial charge is 0.223 e. The van der Waals surface area contributed by atoms with E-state index in [1.807, 2.05) is 12.1 Å². The Balaban J connectivity index is 1.36. The topological polar surface area (TPSA) is 88.3 Å². The maximum atomic E-state index is 13.1. The van der Waals surface area contributed by atoms with Crippen LogP contribution in [0.15, 0.2) is 36.4 Å². The molecule has 1 saturated heterocycles. The van der Waals surface area contributed by atoms with E-state index < -0.39 is 0 Å². The maximum absolute atomic E-state index is 13.1. The molecule has 0 aliphatic carbocycles. The molecule has 3 aromatic rings. The lowest BCUT2D eigenvalue weighted by Crippen LogP contribution is -2.42. The van der Waals surface area contributed by atoms with Crippen molar-refractivity contribution >= 4 is 17.4 Å². The van der Waals surface area contributed by atoms with E-state index in [2.05, 4.69) is 75.9 Å². The van der Waals surface area contributed by atoms with Crippen molar-refractivity contribution < 1.29 is 4.79 Å². The number of fused-ring (bicyclic) bond motifs is 1. The van der Waals surface area contributed by atoms with Gasteiger partial charge in [-0.3, -0.25) is 4.79 Å². The van der Waals surface area contributed by atoms with E-state index in [9.17, 15) is 4.79 Å². The summed E-state index contributed by atoms with van der Waals surface area (Å²) in [7, 11) is 0. The van der Waals surface area contributed by atoms with E-state index in [0.717, 1.165) is 44.6 Å². The Bertz CT molecular complexity index is 1010. The summed E-state index contributed by atoms with van der Waals surface area (Å²) < 4.78 is 1.44. The molecule has 1 aliphatic rings. The lowest BCUT2D eigenvalue weighted by Gasteiger charge is -2.33. The number of carbonyl (C=O) groups excluding carboxylic acids is 1. The van der Waals surface area contributed by atoms with Gasteiger partial charge < -0.3 is 10.2 Å². The van der Waals surface area contributed by atoms with Crippen molar-refractivity contribution in [3.05, 3.63) is 47.5 Å². The number of nitrogens with zero attached hydrogens (tertiary/aromatic N) is 6. The van der Waals surface area contributed by atoms with E-state index >= 15 is 0 Å². The molecule has 2 aromatic heterocycles. The molecule has 0 saturated carbocycles. The minimum Gasteiger partial charge on any atom is -0.355 e. The van der Waals surface area contributed by atoms with Crippen molar-refractivity contribution in [2.24, 2.45) is 11.8 Å². The number of piperidine rings is 1. The van der Waals surface area contributed by atoms with E-state index in [0.29, 0.717) is 11.6 Å². The minimum absolute atomic E-state index is 0.0219. The van der Waals surface area contributed by atoms with E-state index in [1.54, 1.807) is 0 Å². The third-order valence-electron chi connectivity index (χ3n) is 6.09. The fourth-order valence-electron chi connectivity index (χ4n) is 4.27. The van der Waals surface area contributed by atoms with Gasteiger partial charge in [0.1, 0.15) is 0 Å². The van der Waals surface area contributed by atoms with Crippen LogP contribution in [0.4, 0.5) is 5.82 Å². The van der Waals surface area contributed by atoms with Crippen molar-refractivity contribution in [3.63, 3.8) is 0 Å².